The van der Waals surface area contributed by atoms with E-state index in [4.69, 9.17) is 0 Å². The maximum Gasteiger partial charge on any atom is 0.234 e. The lowest BCUT2D eigenvalue weighted by Gasteiger charge is -2.34. The fraction of sp³-hybridized carbons (Fsp3) is 0.316. The van der Waals surface area contributed by atoms with E-state index < -0.39 is 11.6 Å². The predicted octanol–water partition coefficient (Wildman–Crippen LogP) is 3.34. The Morgan fingerprint density at radius 2 is 1.84 bits per heavy atom. The molecule has 1 amide bonds. The van der Waals surface area contributed by atoms with Crippen molar-refractivity contribution >= 4 is 5.91 Å². The van der Waals surface area contributed by atoms with E-state index in [1.807, 2.05) is 11.8 Å². The summed E-state index contributed by atoms with van der Waals surface area (Å²) in [4.78, 5) is 14.1. The maximum atomic E-state index is 13.5. The minimum absolute atomic E-state index is 0.0565. The lowest BCUT2D eigenvalue weighted by Crippen LogP contribution is -2.41. The van der Waals surface area contributed by atoms with Gasteiger partial charge in [0, 0.05) is 25.2 Å². The Bertz CT molecular complexity index is 774. The van der Waals surface area contributed by atoms with Crippen LogP contribution in [0.3, 0.4) is 0 Å². The minimum atomic E-state index is -0.674. The van der Waals surface area contributed by atoms with Gasteiger partial charge in [0.25, 0.3) is 0 Å². The molecule has 2 aromatic carbocycles. The number of carbonyl (C=O) groups excluding carboxylic acids is 1. The van der Waals surface area contributed by atoms with Crippen LogP contribution >= 0.6 is 0 Å². The standard InChI is InChI=1S/C19H19F3N2O/c1-12-18-9-15(20)3-2-14(18)4-5-24(12)11-19(25)23-10-13-6-16(21)8-17(22)7-13/h2-3,6-9,12H,4-5,10-11H2,1H3,(H,23,25). The molecule has 1 heterocycles. The monoisotopic (exact) mass is 348 g/mol. The molecule has 132 valence electrons. The summed E-state index contributed by atoms with van der Waals surface area (Å²) in [6, 6.07) is 7.84. The zero-order valence-corrected chi connectivity index (χ0v) is 13.9. The van der Waals surface area contributed by atoms with E-state index in [0.29, 0.717) is 12.1 Å². The molecule has 2 aromatic rings. The molecular formula is C19H19F3N2O. The van der Waals surface area contributed by atoms with Gasteiger partial charge in [0.1, 0.15) is 17.5 Å². The fourth-order valence-electron chi connectivity index (χ4n) is 3.21. The van der Waals surface area contributed by atoms with Gasteiger partial charge in [-0.25, -0.2) is 13.2 Å². The summed E-state index contributed by atoms with van der Waals surface area (Å²) in [5.41, 5.74) is 2.36. The van der Waals surface area contributed by atoms with E-state index >= 15 is 0 Å². The zero-order chi connectivity index (χ0) is 18.0. The van der Waals surface area contributed by atoms with Crippen LogP contribution in [0.15, 0.2) is 36.4 Å². The third-order valence-electron chi connectivity index (χ3n) is 4.53. The second-order valence-corrected chi connectivity index (χ2v) is 6.29. The SMILES string of the molecule is CC1c2cc(F)ccc2CCN1CC(=O)NCc1cc(F)cc(F)c1. The van der Waals surface area contributed by atoms with Gasteiger partial charge in [-0.1, -0.05) is 6.07 Å². The van der Waals surface area contributed by atoms with E-state index in [0.717, 1.165) is 23.6 Å². The molecule has 3 rings (SSSR count). The van der Waals surface area contributed by atoms with E-state index in [-0.39, 0.29) is 30.9 Å². The van der Waals surface area contributed by atoms with Gasteiger partial charge in [-0.2, -0.15) is 0 Å². The predicted molar refractivity (Wildman–Crippen MR) is 88.3 cm³/mol. The van der Waals surface area contributed by atoms with Crippen molar-refractivity contribution in [2.24, 2.45) is 0 Å². The molecule has 3 nitrogen and oxygen atoms in total. The molecule has 0 saturated heterocycles. The van der Waals surface area contributed by atoms with Crippen LogP contribution in [0.4, 0.5) is 13.2 Å². The number of hydrogen-bond donors (Lipinski definition) is 1. The smallest absolute Gasteiger partial charge is 0.234 e. The Balaban J connectivity index is 1.60. The molecule has 25 heavy (non-hydrogen) atoms. The van der Waals surface area contributed by atoms with E-state index in [1.54, 1.807) is 6.07 Å². The molecule has 1 aliphatic rings. The van der Waals surface area contributed by atoms with Crippen LogP contribution in [0.2, 0.25) is 0 Å². The summed E-state index contributed by atoms with van der Waals surface area (Å²) in [5, 5.41) is 2.67. The minimum Gasteiger partial charge on any atom is -0.351 e. The highest BCUT2D eigenvalue weighted by molar-refractivity contribution is 5.78. The van der Waals surface area contributed by atoms with Gasteiger partial charge in [0.15, 0.2) is 0 Å². The first-order valence-electron chi connectivity index (χ1n) is 8.16. The molecule has 6 heteroatoms. The summed E-state index contributed by atoms with van der Waals surface area (Å²) in [6.07, 6.45) is 0.752. The van der Waals surface area contributed by atoms with Crippen LogP contribution in [-0.2, 0) is 17.8 Å². The molecule has 1 aliphatic heterocycles. The Morgan fingerprint density at radius 3 is 2.56 bits per heavy atom. The van der Waals surface area contributed by atoms with Crippen molar-refractivity contribution in [3.05, 3.63) is 70.5 Å². The highest BCUT2D eigenvalue weighted by atomic mass is 19.1. The van der Waals surface area contributed by atoms with Gasteiger partial charge >= 0.3 is 0 Å². The molecule has 0 aliphatic carbocycles. The van der Waals surface area contributed by atoms with Crippen LogP contribution in [-0.4, -0.2) is 23.9 Å². The van der Waals surface area contributed by atoms with Crippen LogP contribution in [0.5, 0.6) is 0 Å². The number of benzene rings is 2. The first kappa shape index (κ1) is 17.5. The number of nitrogens with one attached hydrogen (secondary N) is 1. The van der Waals surface area contributed by atoms with Crippen LogP contribution in [0, 0.1) is 17.5 Å². The molecule has 1 unspecified atom stereocenters. The number of hydrogen-bond acceptors (Lipinski definition) is 2. The maximum absolute atomic E-state index is 13.5. The summed E-state index contributed by atoms with van der Waals surface area (Å²) in [5.74, 6) is -1.87. The third kappa shape index (κ3) is 4.20. The second kappa shape index (κ2) is 7.27. The van der Waals surface area contributed by atoms with Gasteiger partial charge in [0.05, 0.1) is 6.54 Å². The highest BCUT2D eigenvalue weighted by Crippen LogP contribution is 2.29. The molecule has 0 saturated carbocycles. The fourth-order valence-corrected chi connectivity index (χ4v) is 3.21. The van der Waals surface area contributed by atoms with E-state index in [9.17, 15) is 18.0 Å². The second-order valence-electron chi connectivity index (χ2n) is 6.29. The Labute approximate surface area is 144 Å². The molecule has 0 aromatic heterocycles. The Morgan fingerprint density at radius 1 is 1.12 bits per heavy atom. The number of halogens is 3. The number of carbonyl (C=O) groups is 1. The van der Waals surface area contributed by atoms with Gasteiger partial charge < -0.3 is 5.32 Å². The third-order valence-corrected chi connectivity index (χ3v) is 4.53. The summed E-state index contributed by atoms with van der Waals surface area (Å²) in [7, 11) is 0. The van der Waals surface area contributed by atoms with Gasteiger partial charge in [-0.3, -0.25) is 9.69 Å². The van der Waals surface area contributed by atoms with Crippen LogP contribution in [0.25, 0.3) is 0 Å². The van der Waals surface area contributed by atoms with Crippen LogP contribution in [0.1, 0.15) is 29.7 Å². The average molecular weight is 348 g/mol. The molecule has 1 atom stereocenters. The molecule has 0 bridgehead atoms. The summed E-state index contributed by atoms with van der Waals surface area (Å²) in [6.45, 7) is 2.84. The topological polar surface area (TPSA) is 32.3 Å². The lowest BCUT2D eigenvalue weighted by molar-refractivity contribution is -0.123. The zero-order valence-electron chi connectivity index (χ0n) is 13.9. The highest BCUT2D eigenvalue weighted by Gasteiger charge is 2.25. The lowest BCUT2D eigenvalue weighted by atomic mass is 9.93. The van der Waals surface area contributed by atoms with Crippen molar-refractivity contribution in [3.8, 4) is 0 Å². The normalized spacial score (nSPS) is 17.2. The van der Waals surface area contributed by atoms with Gasteiger partial charge in [0.2, 0.25) is 5.91 Å². The molecule has 0 spiro atoms. The number of amides is 1. The van der Waals surface area contributed by atoms with Gasteiger partial charge in [-0.15, -0.1) is 0 Å². The summed E-state index contributed by atoms with van der Waals surface area (Å²) < 4.78 is 39.8. The number of nitrogens with zero attached hydrogens (tertiary/aromatic N) is 1. The van der Waals surface area contributed by atoms with Crippen molar-refractivity contribution in [3.63, 3.8) is 0 Å². The Kier molecular flexibility index (Phi) is 5.08. The van der Waals surface area contributed by atoms with Gasteiger partial charge in [-0.05, 0) is 54.3 Å². The quantitative estimate of drug-likeness (QED) is 0.919. The van der Waals surface area contributed by atoms with Crippen molar-refractivity contribution < 1.29 is 18.0 Å². The molecular weight excluding hydrogens is 329 g/mol. The first-order valence-corrected chi connectivity index (χ1v) is 8.16. The van der Waals surface area contributed by atoms with Crippen molar-refractivity contribution in [1.82, 2.24) is 10.2 Å². The van der Waals surface area contributed by atoms with Crippen molar-refractivity contribution in [1.29, 1.82) is 0 Å². The molecule has 0 fully saturated rings. The number of fused-ring (bicyclic) bond motifs is 1. The van der Waals surface area contributed by atoms with Crippen LogP contribution < -0.4 is 5.32 Å². The van der Waals surface area contributed by atoms with E-state index in [1.165, 1.54) is 24.3 Å². The van der Waals surface area contributed by atoms with Crippen molar-refractivity contribution in [2.45, 2.75) is 25.9 Å². The van der Waals surface area contributed by atoms with E-state index in [2.05, 4.69) is 5.32 Å². The Hall–Kier alpha value is -2.34. The first-order chi connectivity index (χ1) is 11.9. The molecule has 1 N–H and O–H groups in total. The largest absolute Gasteiger partial charge is 0.351 e. The van der Waals surface area contributed by atoms with Crippen molar-refractivity contribution in [2.75, 3.05) is 13.1 Å². The molecule has 0 radical (unpaired) electrons. The number of rotatable bonds is 4. The summed E-state index contributed by atoms with van der Waals surface area (Å²) >= 11 is 0. The average Bonchev–Trinajstić information content (AvgIpc) is 2.55.